The standard InChI is InChI=1S/C15H27N3O2.HI/c1-4-6-7-10-17-15(16-3)18-11-8-13(9-12-18)14(19)20-5-2;/h4,6,13H,5,7-12H2,1-3H3,(H,16,17);1H/b6-4+;. The second-order valence-electron chi connectivity index (χ2n) is 4.85. The summed E-state index contributed by atoms with van der Waals surface area (Å²) in [7, 11) is 1.80. The van der Waals surface area contributed by atoms with Crippen LogP contribution in [0.5, 0.6) is 0 Å². The minimum absolute atomic E-state index is 0. The second-order valence-corrected chi connectivity index (χ2v) is 4.85. The van der Waals surface area contributed by atoms with Crippen molar-refractivity contribution >= 4 is 35.9 Å². The Bertz CT molecular complexity index is 351. The highest BCUT2D eigenvalue weighted by molar-refractivity contribution is 14.0. The van der Waals surface area contributed by atoms with Crippen LogP contribution in [0, 0.1) is 5.92 Å². The van der Waals surface area contributed by atoms with E-state index in [4.69, 9.17) is 4.74 Å². The van der Waals surface area contributed by atoms with E-state index in [1.54, 1.807) is 7.05 Å². The van der Waals surface area contributed by atoms with Crippen molar-refractivity contribution in [2.24, 2.45) is 10.9 Å². The molecule has 0 amide bonds. The number of guanidine groups is 1. The van der Waals surface area contributed by atoms with E-state index in [-0.39, 0.29) is 35.9 Å². The Morgan fingerprint density at radius 1 is 1.43 bits per heavy atom. The van der Waals surface area contributed by atoms with Crippen LogP contribution < -0.4 is 5.32 Å². The number of carbonyl (C=O) groups is 1. The first-order valence-corrected chi connectivity index (χ1v) is 7.46. The molecule has 0 saturated carbocycles. The molecule has 0 atom stereocenters. The van der Waals surface area contributed by atoms with Gasteiger partial charge in [0.15, 0.2) is 5.96 Å². The highest BCUT2D eigenvalue weighted by Gasteiger charge is 2.27. The molecular formula is C15H28IN3O2. The monoisotopic (exact) mass is 409 g/mol. The predicted molar refractivity (Wildman–Crippen MR) is 97.1 cm³/mol. The highest BCUT2D eigenvalue weighted by atomic mass is 127. The maximum Gasteiger partial charge on any atom is 0.309 e. The van der Waals surface area contributed by atoms with E-state index in [1.165, 1.54) is 0 Å². The van der Waals surface area contributed by atoms with Gasteiger partial charge in [-0.3, -0.25) is 9.79 Å². The first kappa shape index (κ1) is 20.2. The van der Waals surface area contributed by atoms with Gasteiger partial charge in [0.05, 0.1) is 12.5 Å². The van der Waals surface area contributed by atoms with Gasteiger partial charge < -0.3 is 15.0 Å². The average molecular weight is 409 g/mol. The Balaban J connectivity index is 0.00000400. The zero-order valence-corrected chi connectivity index (χ0v) is 15.6. The summed E-state index contributed by atoms with van der Waals surface area (Å²) in [5.41, 5.74) is 0. The molecule has 0 bridgehead atoms. The molecule has 1 saturated heterocycles. The van der Waals surface area contributed by atoms with Crippen molar-refractivity contribution in [1.29, 1.82) is 0 Å². The zero-order valence-electron chi connectivity index (χ0n) is 13.3. The van der Waals surface area contributed by atoms with E-state index < -0.39 is 0 Å². The fourth-order valence-corrected chi connectivity index (χ4v) is 2.35. The van der Waals surface area contributed by atoms with Crippen LogP contribution in [0.1, 0.15) is 33.1 Å². The third kappa shape index (κ3) is 7.15. The van der Waals surface area contributed by atoms with E-state index in [9.17, 15) is 4.79 Å². The van der Waals surface area contributed by atoms with E-state index in [2.05, 4.69) is 27.4 Å². The smallest absolute Gasteiger partial charge is 0.309 e. The molecule has 1 aliphatic rings. The third-order valence-corrected chi connectivity index (χ3v) is 3.46. The maximum absolute atomic E-state index is 11.7. The summed E-state index contributed by atoms with van der Waals surface area (Å²) in [6.45, 7) is 6.93. The van der Waals surface area contributed by atoms with Crippen LogP contribution in [0.15, 0.2) is 17.1 Å². The Labute approximate surface area is 145 Å². The minimum Gasteiger partial charge on any atom is -0.466 e. The van der Waals surface area contributed by atoms with Gasteiger partial charge in [-0.05, 0) is 33.1 Å². The van der Waals surface area contributed by atoms with Crippen molar-refractivity contribution in [1.82, 2.24) is 10.2 Å². The van der Waals surface area contributed by atoms with Crippen LogP contribution in [-0.2, 0) is 9.53 Å². The number of esters is 1. The lowest BCUT2D eigenvalue weighted by molar-refractivity contribution is -0.149. The summed E-state index contributed by atoms with van der Waals surface area (Å²) in [4.78, 5) is 18.2. The number of nitrogens with zero attached hydrogens (tertiary/aromatic N) is 2. The first-order valence-electron chi connectivity index (χ1n) is 7.46. The topological polar surface area (TPSA) is 53.9 Å². The molecule has 0 aromatic rings. The Hall–Kier alpha value is -0.790. The van der Waals surface area contributed by atoms with Crippen molar-refractivity contribution in [2.75, 3.05) is 33.3 Å². The molecule has 1 fully saturated rings. The van der Waals surface area contributed by atoms with Crippen LogP contribution in [-0.4, -0.2) is 50.1 Å². The number of piperidine rings is 1. The molecule has 1 aliphatic heterocycles. The molecule has 122 valence electrons. The number of ether oxygens (including phenoxy) is 1. The number of nitrogens with one attached hydrogen (secondary N) is 1. The van der Waals surface area contributed by atoms with Gasteiger partial charge >= 0.3 is 5.97 Å². The van der Waals surface area contributed by atoms with Crippen molar-refractivity contribution in [2.45, 2.75) is 33.1 Å². The molecule has 1 N–H and O–H groups in total. The van der Waals surface area contributed by atoms with Gasteiger partial charge in [-0.1, -0.05) is 12.2 Å². The summed E-state index contributed by atoms with van der Waals surface area (Å²) in [5, 5.41) is 3.35. The van der Waals surface area contributed by atoms with Crippen LogP contribution in [0.2, 0.25) is 0 Å². The van der Waals surface area contributed by atoms with Crippen LogP contribution in [0.4, 0.5) is 0 Å². The lowest BCUT2D eigenvalue weighted by Gasteiger charge is -2.33. The molecule has 21 heavy (non-hydrogen) atoms. The molecule has 1 heterocycles. The largest absolute Gasteiger partial charge is 0.466 e. The first-order chi connectivity index (χ1) is 9.72. The highest BCUT2D eigenvalue weighted by Crippen LogP contribution is 2.18. The van der Waals surface area contributed by atoms with E-state index in [0.717, 1.165) is 44.9 Å². The molecule has 0 spiro atoms. The summed E-state index contributed by atoms with van der Waals surface area (Å²) in [6.07, 6.45) is 6.86. The number of aliphatic imine (C=N–C) groups is 1. The van der Waals surface area contributed by atoms with Crippen LogP contribution in [0.25, 0.3) is 0 Å². The van der Waals surface area contributed by atoms with Crippen LogP contribution in [0.3, 0.4) is 0 Å². The van der Waals surface area contributed by atoms with Crippen LogP contribution >= 0.6 is 24.0 Å². The molecule has 0 unspecified atom stereocenters. The predicted octanol–water partition coefficient (Wildman–Crippen LogP) is 2.42. The average Bonchev–Trinajstić information content (AvgIpc) is 2.48. The number of halogens is 1. The number of likely N-dealkylation sites (tertiary alicyclic amines) is 1. The van der Waals surface area contributed by atoms with Gasteiger partial charge in [0, 0.05) is 26.7 Å². The van der Waals surface area contributed by atoms with Gasteiger partial charge in [0.2, 0.25) is 0 Å². The summed E-state index contributed by atoms with van der Waals surface area (Å²) < 4.78 is 5.08. The Morgan fingerprint density at radius 2 is 2.10 bits per heavy atom. The quantitative estimate of drug-likeness (QED) is 0.189. The van der Waals surface area contributed by atoms with Crippen molar-refractivity contribution < 1.29 is 9.53 Å². The van der Waals surface area contributed by atoms with Gasteiger partial charge in [0.1, 0.15) is 0 Å². The molecule has 1 rings (SSSR count). The number of hydrogen-bond acceptors (Lipinski definition) is 3. The van der Waals surface area contributed by atoms with Crippen molar-refractivity contribution in [3.63, 3.8) is 0 Å². The molecule has 0 aromatic carbocycles. The van der Waals surface area contributed by atoms with E-state index in [1.807, 2.05) is 13.8 Å². The minimum atomic E-state index is -0.0526. The Morgan fingerprint density at radius 3 is 2.62 bits per heavy atom. The van der Waals surface area contributed by atoms with Gasteiger partial charge in [-0.15, -0.1) is 24.0 Å². The maximum atomic E-state index is 11.7. The summed E-state index contributed by atoms with van der Waals surface area (Å²) in [6, 6.07) is 0. The molecule has 5 nitrogen and oxygen atoms in total. The molecule has 6 heteroatoms. The lowest BCUT2D eigenvalue weighted by Crippen LogP contribution is -2.46. The van der Waals surface area contributed by atoms with Gasteiger partial charge in [-0.25, -0.2) is 0 Å². The lowest BCUT2D eigenvalue weighted by atomic mass is 9.97. The number of hydrogen-bond donors (Lipinski definition) is 1. The van der Waals surface area contributed by atoms with Gasteiger partial charge in [-0.2, -0.15) is 0 Å². The number of allylic oxidation sites excluding steroid dienone is 1. The Kier molecular flexibility index (Phi) is 11.4. The van der Waals surface area contributed by atoms with E-state index in [0.29, 0.717) is 6.61 Å². The normalized spacial score (nSPS) is 16.7. The van der Waals surface area contributed by atoms with Crippen molar-refractivity contribution in [3.05, 3.63) is 12.2 Å². The fraction of sp³-hybridized carbons (Fsp3) is 0.733. The molecule has 0 aromatic heterocycles. The zero-order chi connectivity index (χ0) is 14.8. The molecular weight excluding hydrogens is 381 g/mol. The van der Waals surface area contributed by atoms with E-state index >= 15 is 0 Å². The molecule has 0 radical (unpaired) electrons. The fourth-order valence-electron chi connectivity index (χ4n) is 2.35. The SMILES string of the molecule is C/C=C/CCNC(=NC)N1CCC(C(=O)OCC)CC1.I. The van der Waals surface area contributed by atoms with Gasteiger partial charge in [0.25, 0.3) is 0 Å². The summed E-state index contributed by atoms with van der Waals surface area (Å²) >= 11 is 0. The number of rotatable bonds is 5. The molecule has 0 aliphatic carbocycles. The van der Waals surface area contributed by atoms with Crippen molar-refractivity contribution in [3.8, 4) is 0 Å². The number of carbonyl (C=O) groups excluding carboxylic acids is 1. The second kappa shape index (κ2) is 11.8. The summed E-state index contributed by atoms with van der Waals surface area (Å²) in [5.74, 6) is 0.923. The third-order valence-electron chi connectivity index (χ3n) is 3.46.